The summed E-state index contributed by atoms with van der Waals surface area (Å²) in [5, 5.41) is 13.6. The molecule has 0 saturated heterocycles. The van der Waals surface area contributed by atoms with E-state index in [0.717, 1.165) is 4.90 Å². The van der Waals surface area contributed by atoms with Gasteiger partial charge in [0.2, 0.25) is 5.91 Å². The number of urea groups is 1. The fraction of sp³-hybridized carbons (Fsp3) is 0.583. The number of carbonyl (C=O) groups excluding carboxylic acids is 2. The maximum atomic E-state index is 11.6. The van der Waals surface area contributed by atoms with Gasteiger partial charge in [-0.25, -0.2) is 4.79 Å². The Bertz CT molecular complexity index is 342. The van der Waals surface area contributed by atoms with Gasteiger partial charge < -0.3 is 20.6 Å². The van der Waals surface area contributed by atoms with Crippen molar-refractivity contribution in [1.29, 1.82) is 0 Å². The summed E-state index contributed by atoms with van der Waals surface area (Å²) in [6.07, 6.45) is 1.42. The average molecular weight is 271 g/mol. The van der Waals surface area contributed by atoms with E-state index in [1.54, 1.807) is 0 Å². The van der Waals surface area contributed by atoms with Crippen molar-refractivity contribution in [3.05, 3.63) is 12.7 Å². The second-order valence-electron chi connectivity index (χ2n) is 4.42. The molecule has 0 aromatic rings. The van der Waals surface area contributed by atoms with E-state index < -0.39 is 18.5 Å². The highest BCUT2D eigenvalue weighted by Crippen LogP contribution is 1.90. The molecule has 0 aromatic heterocycles. The summed E-state index contributed by atoms with van der Waals surface area (Å²) in [6.45, 7) is 7.36. The Kier molecular flexibility index (Phi) is 7.99. The summed E-state index contributed by atoms with van der Waals surface area (Å²) in [4.78, 5) is 34.6. The summed E-state index contributed by atoms with van der Waals surface area (Å²) in [6, 6.07) is -0.609. The zero-order valence-corrected chi connectivity index (χ0v) is 11.3. The van der Waals surface area contributed by atoms with Crippen LogP contribution in [-0.4, -0.2) is 54.1 Å². The molecule has 0 aromatic carbocycles. The van der Waals surface area contributed by atoms with Gasteiger partial charge in [-0.15, -0.1) is 6.58 Å². The van der Waals surface area contributed by atoms with E-state index in [2.05, 4.69) is 17.2 Å². The number of carboxylic acid groups (broad SMARTS) is 1. The summed E-state index contributed by atoms with van der Waals surface area (Å²) < 4.78 is 0. The van der Waals surface area contributed by atoms with E-state index in [-0.39, 0.29) is 19.0 Å². The lowest BCUT2D eigenvalue weighted by atomic mass is 10.2. The van der Waals surface area contributed by atoms with Crippen LogP contribution in [0.25, 0.3) is 0 Å². The lowest BCUT2D eigenvalue weighted by Gasteiger charge is -2.19. The van der Waals surface area contributed by atoms with Crippen molar-refractivity contribution in [2.45, 2.75) is 13.8 Å². The minimum Gasteiger partial charge on any atom is -0.480 e. The third-order valence-corrected chi connectivity index (χ3v) is 2.07. The third-order valence-electron chi connectivity index (χ3n) is 2.07. The minimum absolute atomic E-state index is 0.103. The Balaban J connectivity index is 4.14. The average Bonchev–Trinajstić information content (AvgIpc) is 2.32. The molecule has 0 fully saturated rings. The lowest BCUT2D eigenvalue weighted by molar-refractivity contribution is -0.137. The molecule has 0 unspecified atom stereocenters. The molecule has 0 spiro atoms. The van der Waals surface area contributed by atoms with Crippen molar-refractivity contribution in [1.82, 2.24) is 15.5 Å². The molecule has 0 heterocycles. The molecule has 0 atom stereocenters. The first-order chi connectivity index (χ1) is 8.86. The third kappa shape index (κ3) is 8.64. The second-order valence-corrected chi connectivity index (χ2v) is 4.42. The van der Waals surface area contributed by atoms with Gasteiger partial charge in [-0.1, -0.05) is 19.9 Å². The largest absolute Gasteiger partial charge is 0.480 e. The molecule has 0 aliphatic heterocycles. The number of aliphatic carboxylic acids is 1. The normalized spacial score (nSPS) is 9.84. The van der Waals surface area contributed by atoms with Crippen LogP contribution in [0.1, 0.15) is 13.8 Å². The van der Waals surface area contributed by atoms with E-state index in [9.17, 15) is 14.4 Å². The number of amides is 3. The van der Waals surface area contributed by atoms with Crippen molar-refractivity contribution in [3.63, 3.8) is 0 Å². The summed E-state index contributed by atoms with van der Waals surface area (Å²) in [5.74, 6) is -1.11. The van der Waals surface area contributed by atoms with Crippen LogP contribution >= 0.6 is 0 Å². The number of nitrogens with zero attached hydrogens (tertiary/aromatic N) is 1. The van der Waals surface area contributed by atoms with Gasteiger partial charge in [0.1, 0.15) is 6.54 Å². The molecule has 108 valence electrons. The number of hydrogen-bond donors (Lipinski definition) is 3. The molecule has 3 N–H and O–H groups in total. The standard InChI is InChI=1S/C12H21N3O4/c1-4-5-15(8-11(17)18)12(19)14-7-10(16)13-6-9(2)3/h4,9H,1,5-8H2,2-3H3,(H,13,16)(H,14,19)(H,17,18). The highest BCUT2D eigenvalue weighted by molar-refractivity contribution is 5.85. The fourth-order valence-electron chi connectivity index (χ4n) is 1.19. The van der Waals surface area contributed by atoms with Crippen molar-refractivity contribution < 1.29 is 19.5 Å². The molecule has 0 aliphatic carbocycles. The van der Waals surface area contributed by atoms with Crippen LogP contribution < -0.4 is 10.6 Å². The first-order valence-electron chi connectivity index (χ1n) is 5.99. The first kappa shape index (κ1) is 16.9. The van der Waals surface area contributed by atoms with Gasteiger partial charge in [-0.05, 0) is 5.92 Å². The van der Waals surface area contributed by atoms with Gasteiger partial charge in [0.15, 0.2) is 0 Å². The van der Waals surface area contributed by atoms with Crippen molar-refractivity contribution in [2.75, 3.05) is 26.2 Å². The van der Waals surface area contributed by atoms with Gasteiger partial charge in [0, 0.05) is 13.1 Å². The van der Waals surface area contributed by atoms with Crippen LogP contribution in [0, 0.1) is 5.92 Å². The van der Waals surface area contributed by atoms with Crippen molar-refractivity contribution >= 4 is 17.9 Å². The lowest BCUT2D eigenvalue weighted by Crippen LogP contribution is -2.46. The molecular weight excluding hydrogens is 250 g/mol. The zero-order valence-electron chi connectivity index (χ0n) is 11.3. The van der Waals surface area contributed by atoms with Crippen LogP contribution in [0.4, 0.5) is 4.79 Å². The predicted molar refractivity (Wildman–Crippen MR) is 70.7 cm³/mol. The molecule has 3 amide bonds. The molecular formula is C12H21N3O4. The summed E-state index contributed by atoms with van der Waals surface area (Å²) in [5.41, 5.74) is 0. The van der Waals surface area contributed by atoms with E-state index >= 15 is 0 Å². The number of carboxylic acids is 1. The zero-order chi connectivity index (χ0) is 14.8. The molecule has 0 radical (unpaired) electrons. The molecule has 7 heteroatoms. The number of hydrogen-bond acceptors (Lipinski definition) is 3. The van der Waals surface area contributed by atoms with Crippen molar-refractivity contribution in [2.24, 2.45) is 5.92 Å². The van der Waals surface area contributed by atoms with Crippen LogP contribution in [0.3, 0.4) is 0 Å². The summed E-state index contributed by atoms with van der Waals surface area (Å²) in [7, 11) is 0. The molecule has 0 saturated carbocycles. The Hall–Kier alpha value is -2.05. The SMILES string of the molecule is C=CCN(CC(=O)O)C(=O)NCC(=O)NCC(C)C. The van der Waals surface area contributed by atoms with Gasteiger partial charge in [-0.3, -0.25) is 9.59 Å². The number of nitrogens with one attached hydrogen (secondary N) is 2. The van der Waals surface area contributed by atoms with E-state index in [4.69, 9.17) is 5.11 Å². The van der Waals surface area contributed by atoms with Gasteiger partial charge in [-0.2, -0.15) is 0 Å². The van der Waals surface area contributed by atoms with E-state index in [0.29, 0.717) is 12.5 Å². The highest BCUT2D eigenvalue weighted by Gasteiger charge is 2.15. The quantitative estimate of drug-likeness (QED) is 0.543. The maximum absolute atomic E-state index is 11.6. The van der Waals surface area contributed by atoms with Crippen LogP contribution in [0.15, 0.2) is 12.7 Å². The highest BCUT2D eigenvalue weighted by atomic mass is 16.4. The molecule has 19 heavy (non-hydrogen) atoms. The Morgan fingerprint density at radius 3 is 2.42 bits per heavy atom. The minimum atomic E-state index is -1.12. The van der Waals surface area contributed by atoms with E-state index in [1.807, 2.05) is 13.8 Å². The smallest absolute Gasteiger partial charge is 0.323 e. The van der Waals surface area contributed by atoms with E-state index in [1.165, 1.54) is 6.08 Å². The molecule has 0 bridgehead atoms. The molecule has 7 nitrogen and oxygen atoms in total. The summed E-state index contributed by atoms with van der Waals surface area (Å²) >= 11 is 0. The first-order valence-corrected chi connectivity index (χ1v) is 5.99. The van der Waals surface area contributed by atoms with Crippen LogP contribution in [0.5, 0.6) is 0 Å². The monoisotopic (exact) mass is 271 g/mol. The predicted octanol–water partition coefficient (Wildman–Crippen LogP) is 0.0408. The Morgan fingerprint density at radius 1 is 1.32 bits per heavy atom. The molecule has 0 aliphatic rings. The number of rotatable bonds is 8. The van der Waals surface area contributed by atoms with Crippen LogP contribution in [0.2, 0.25) is 0 Å². The Morgan fingerprint density at radius 2 is 1.95 bits per heavy atom. The topological polar surface area (TPSA) is 98.7 Å². The van der Waals surface area contributed by atoms with Crippen LogP contribution in [-0.2, 0) is 9.59 Å². The van der Waals surface area contributed by atoms with Gasteiger partial charge >= 0.3 is 12.0 Å². The maximum Gasteiger partial charge on any atom is 0.323 e. The Labute approximate surface area is 112 Å². The number of carbonyl (C=O) groups is 3. The fourth-order valence-corrected chi connectivity index (χ4v) is 1.19. The molecule has 0 rings (SSSR count). The van der Waals surface area contributed by atoms with Gasteiger partial charge in [0.05, 0.1) is 6.54 Å². The van der Waals surface area contributed by atoms with Crippen molar-refractivity contribution in [3.8, 4) is 0 Å². The van der Waals surface area contributed by atoms with Gasteiger partial charge in [0.25, 0.3) is 0 Å². The second kappa shape index (κ2) is 8.96.